The van der Waals surface area contributed by atoms with Crippen LogP contribution in [0.5, 0.6) is 0 Å². The topological polar surface area (TPSA) is 57.7 Å². The van der Waals surface area contributed by atoms with Crippen molar-refractivity contribution in [3.8, 4) is 0 Å². The standard InChI is InChI=1S/C20H28N2O3S/c23-20(17-19-9-5-2-6-10-19)21-12-14-22(15-13-21)26(24,25)16-11-18-7-3-1-4-8-18/h1,3-4,7-8,11,16,19H,2,5-6,9-10,12-15,17H2/b16-11+. The van der Waals surface area contributed by atoms with Gasteiger partial charge in [0, 0.05) is 38.0 Å². The maximum Gasteiger partial charge on any atom is 0.236 e. The summed E-state index contributed by atoms with van der Waals surface area (Å²) in [7, 11) is -3.44. The van der Waals surface area contributed by atoms with Crippen molar-refractivity contribution in [3.05, 3.63) is 41.3 Å². The smallest absolute Gasteiger partial charge is 0.236 e. The van der Waals surface area contributed by atoms with E-state index in [1.165, 1.54) is 29.0 Å². The fourth-order valence-corrected chi connectivity index (χ4v) is 4.95. The molecule has 6 heteroatoms. The van der Waals surface area contributed by atoms with Gasteiger partial charge >= 0.3 is 0 Å². The normalized spacial score (nSPS) is 20.5. The Bertz CT molecular complexity index is 717. The summed E-state index contributed by atoms with van der Waals surface area (Å²) in [5.74, 6) is 0.709. The largest absolute Gasteiger partial charge is 0.340 e. The summed E-state index contributed by atoms with van der Waals surface area (Å²) in [5, 5.41) is 1.27. The molecular formula is C20H28N2O3S. The second-order valence-electron chi connectivity index (χ2n) is 7.25. The summed E-state index contributed by atoms with van der Waals surface area (Å²) in [5.41, 5.74) is 0.859. The average Bonchev–Trinajstić information content (AvgIpc) is 2.68. The average molecular weight is 377 g/mol. The minimum Gasteiger partial charge on any atom is -0.340 e. The number of benzene rings is 1. The van der Waals surface area contributed by atoms with Crippen LogP contribution in [-0.2, 0) is 14.8 Å². The zero-order valence-corrected chi connectivity index (χ0v) is 16.0. The van der Waals surface area contributed by atoms with Crippen LogP contribution >= 0.6 is 0 Å². The van der Waals surface area contributed by atoms with Gasteiger partial charge in [0.2, 0.25) is 15.9 Å². The number of hydrogen-bond donors (Lipinski definition) is 0. The molecule has 26 heavy (non-hydrogen) atoms. The third kappa shape index (κ3) is 5.17. The maximum atomic E-state index is 12.5. The summed E-state index contributed by atoms with van der Waals surface area (Å²) >= 11 is 0. The zero-order valence-electron chi connectivity index (χ0n) is 15.2. The number of amides is 1. The first-order valence-corrected chi connectivity index (χ1v) is 11.1. The first kappa shape index (κ1) is 19.1. The van der Waals surface area contributed by atoms with Crippen LogP contribution in [0, 0.1) is 5.92 Å². The number of sulfonamides is 1. The Morgan fingerprint density at radius 3 is 2.31 bits per heavy atom. The third-order valence-corrected chi connectivity index (χ3v) is 6.94. The molecule has 0 spiro atoms. The van der Waals surface area contributed by atoms with Crippen molar-refractivity contribution in [2.75, 3.05) is 26.2 Å². The number of hydrogen-bond acceptors (Lipinski definition) is 3. The highest BCUT2D eigenvalue weighted by Gasteiger charge is 2.28. The number of nitrogens with zero attached hydrogens (tertiary/aromatic N) is 2. The molecule has 5 nitrogen and oxygen atoms in total. The molecule has 2 fully saturated rings. The highest BCUT2D eigenvalue weighted by atomic mass is 32.2. The molecule has 1 aromatic carbocycles. The van der Waals surface area contributed by atoms with Crippen molar-refractivity contribution >= 4 is 22.0 Å². The minimum atomic E-state index is -3.44. The van der Waals surface area contributed by atoms with Gasteiger partial charge in [0.05, 0.1) is 0 Å². The van der Waals surface area contributed by atoms with Gasteiger partial charge < -0.3 is 4.90 Å². The van der Waals surface area contributed by atoms with Crippen LogP contribution in [0.2, 0.25) is 0 Å². The Morgan fingerprint density at radius 1 is 1.00 bits per heavy atom. The molecule has 1 saturated carbocycles. The number of piperazine rings is 1. The van der Waals surface area contributed by atoms with Gasteiger partial charge in [-0.25, -0.2) is 8.42 Å². The molecule has 0 N–H and O–H groups in total. The first-order chi connectivity index (χ1) is 12.5. The summed E-state index contributed by atoms with van der Waals surface area (Å²) in [6.07, 6.45) is 8.32. The summed E-state index contributed by atoms with van der Waals surface area (Å²) in [4.78, 5) is 14.3. The van der Waals surface area contributed by atoms with Crippen molar-refractivity contribution in [2.45, 2.75) is 38.5 Å². The Hall–Kier alpha value is -1.66. The zero-order chi connectivity index (χ0) is 18.4. The molecule has 0 atom stereocenters. The second kappa shape index (κ2) is 8.82. The van der Waals surface area contributed by atoms with E-state index in [1.807, 2.05) is 35.2 Å². The molecule has 3 rings (SSSR count). The monoisotopic (exact) mass is 376 g/mol. The molecule has 0 radical (unpaired) electrons. The van der Waals surface area contributed by atoms with E-state index in [0.717, 1.165) is 18.4 Å². The van der Waals surface area contributed by atoms with Crippen molar-refractivity contribution in [2.24, 2.45) is 5.92 Å². The Morgan fingerprint density at radius 2 is 1.65 bits per heavy atom. The van der Waals surface area contributed by atoms with Gasteiger partial charge in [-0.2, -0.15) is 4.31 Å². The molecule has 1 saturated heterocycles. The predicted octanol–water partition coefficient (Wildman–Crippen LogP) is 3.10. The highest BCUT2D eigenvalue weighted by Crippen LogP contribution is 2.27. The number of carbonyl (C=O) groups is 1. The Kier molecular flexibility index (Phi) is 6.48. The molecule has 1 aliphatic heterocycles. The van der Waals surface area contributed by atoms with Crippen LogP contribution < -0.4 is 0 Å². The lowest BCUT2D eigenvalue weighted by atomic mass is 9.86. The number of rotatable bonds is 5. The van der Waals surface area contributed by atoms with Gasteiger partial charge in [-0.15, -0.1) is 0 Å². The van der Waals surface area contributed by atoms with Gasteiger partial charge in [-0.1, -0.05) is 49.6 Å². The first-order valence-electron chi connectivity index (χ1n) is 9.56. The Labute approximate surface area is 156 Å². The molecule has 1 amide bonds. The second-order valence-corrected chi connectivity index (χ2v) is 9.06. The van der Waals surface area contributed by atoms with E-state index in [1.54, 1.807) is 6.08 Å². The van der Waals surface area contributed by atoms with Crippen molar-refractivity contribution in [1.29, 1.82) is 0 Å². The summed E-state index contributed by atoms with van der Waals surface area (Å²) in [6, 6.07) is 9.39. The molecule has 1 heterocycles. The van der Waals surface area contributed by atoms with E-state index in [2.05, 4.69) is 0 Å². The molecule has 142 valence electrons. The molecule has 1 aromatic rings. The van der Waals surface area contributed by atoms with Crippen LogP contribution in [0.3, 0.4) is 0 Å². The number of carbonyl (C=O) groups excluding carboxylic acids is 1. The predicted molar refractivity (Wildman–Crippen MR) is 104 cm³/mol. The SMILES string of the molecule is O=C(CC1CCCCC1)N1CCN(S(=O)(=O)/C=C/c2ccccc2)CC1. The molecular weight excluding hydrogens is 348 g/mol. The molecule has 0 unspecified atom stereocenters. The van der Waals surface area contributed by atoms with Crippen LogP contribution in [0.1, 0.15) is 44.1 Å². The molecule has 2 aliphatic rings. The summed E-state index contributed by atoms with van der Waals surface area (Å²) < 4.78 is 26.4. The van der Waals surface area contributed by atoms with Gasteiger partial charge in [-0.05, 0) is 30.4 Å². The van der Waals surface area contributed by atoms with Gasteiger partial charge in [0.1, 0.15) is 0 Å². The lowest BCUT2D eigenvalue weighted by Gasteiger charge is -2.34. The lowest BCUT2D eigenvalue weighted by molar-refractivity contribution is -0.133. The van der Waals surface area contributed by atoms with Crippen molar-refractivity contribution < 1.29 is 13.2 Å². The van der Waals surface area contributed by atoms with E-state index in [0.29, 0.717) is 38.5 Å². The van der Waals surface area contributed by atoms with Gasteiger partial charge in [0.15, 0.2) is 0 Å². The maximum absolute atomic E-state index is 12.5. The Balaban J connectivity index is 1.50. The molecule has 0 aromatic heterocycles. The molecule has 0 bridgehead atoms. The van der Waals surface area contributed by atoms with Crippen molar-refractivity contribution in [1.82, 2.24) is 9.21 Å². The minimum absolute atomic E-state index is 0.189. The van der Waals surface area contributed by atoms with E-state index in [9.17, 15) is 13.2 Å². The van der Waals surface area contributed by atoms with Crippen LogP contribution in [-0.4, -0.2) is 49.7 Å². The van der Waals surface area contributed by atoms with Crippen LogP contribution in [0.4, 0.5) is 0 Å². The fraction of sp³-hybridized carbons (Fsp3) is 0.550. The van der Waals surface area contributed by atoms with Crippen molar-refractivity contribution in [3.63, 3.8) is 0 Å². The van der Waals surface area contributed by atoms with Gasteiger partial charge in [0.25, 0.3) is 0 Å². The van der Waals surface area contributed by atoms with E-state index < -0.39 is 10.0 Å². The van der Waals surface area contributed by atoms with E-state index in [-0.39, 0.29) is 5.91 Å². The van der Waals surface area contributed by atoms with E-state index in [4.69, 9.17) is 0 Å². The third-order valence-electron chi connectivity index (χ3n) is 5.37. The quantitative estimate of drug-likeness (QED) is 0.793. The van der Waals surface area contributed by atoms with E-state index >= 15 is 0 Å². The van der Waals surface area contributed by atoms with Crippen LogP contribution in [0.25, 0.3) is 6.08 Å². The van der Waals surface area contributed by atoms with Gasteiger partial charge in [-0.3, -0.25) is 4.79 Å². The molecule has 1 aliphatic carbocycles. The fourth-order valence-electron chi connectivity index (χ4n) is 3.77. The van der Waals surface area contributed by atoms with Crippen LogP contribution in [0.15, 0.2) is 35.7 Å². The highest BCUT2D eigenvalue weighted by molar-refractivity contribution is 7.92. The summed E-state index contributed by atoms with van der Waals surface area (Å²) in [6.45, 7) is 1.73. The lowest BCUT2D eigenvalue weighted by Crippen LogP contribution is -2.50.